The van der Waals surface area contributed by atoms with Crippen LogP contribution in [0.5, 0.6) is 0 Å². The van der Waals surface area contributed by atoms with Crippen molar-refractivity contribution in [1.82, 2.24) is 10.3 Å². The lowest BCUT2D eigenvalue weighted by atomic mass is 9.98. The van der Waals surface area contributed by atoms with Gasteiger partial charge in [-0.15, -0.1) is 0 Å². The molecule has 0 spiro atoms. The topological polar surface area (TPSA) is 88.0 Å². The Balaban J connectivity index is 2.20. The average molecular weight is 229 g/mol. The molecule has 5 heteroatoms. The fraction of sp³-hybridized carbons (Fsp3) is 0.167. The first kappa shape index (κ1) is 9.89. The van der Waals surface area contributed by atoms with E-state index in [9.17, 15) is 9.59 Å². The minimum atomic E-state index is -0.616. The van der Waals surface area contributed by atoms with E-state index in [4.69, 9.17) is 5.73 Å². The molecule has 1 aliphatic rings. The number of rotatable bonds is 1. The molecule has 1 aromatic carbocycles. The Labute approximate surface area is 97.0 Å². The Hall–Kier alpha value is -2.30. The zero-order valence-corrected chi connectivity index (χ0v) is 8.99. The summed E-state index contributed by atoms with van der Waals surface area (Å²) in [4.78, 5) is 26.0. The van der Waals surface area contributed by atoms with Gasteiger partial charge in [-0.3, -0.25) is 9.59 Å². The predicted octanol–water partition coefficient (Wildman–Crippen LogP) is 0.308. The summed E-state index contributed by atoms with van der Waals surface area (Å²) in [5, 5.41) is 3.56. The monoisotopic (exact) mass is 229 g/mol. The van der Waals surface area contributed by atoms with Gasteiger partial charge in [0.15, 0.2) is 0 Å². The van der Waals surface area contributed by atoms with Crippen LogP contribution in [-0.2, 0) is 11.2 Å². The number of amides is 2. The molecule has 1 aliphatic heterocycles. The summed E-state index contributed by atoms with van der Waals surface area (Å²) >= 11 is 0. The van der Waals surface area contributed by atoms with Crippen molar-refractivity contribution >= 4 is 22.7 Å². The predicted molar refractivity (Wildman–Crippen MR) is 62.5 cm³/mol. The van der Waals surface area contributed by atoms with E-state index in [1.807, 2.05) is 24.3 Å². The van der Waals surface area contributed by atoms with Crippen LogP contribution in [0.15, 0.2) is 24.3 Å². The number of carbonyl (C=O) groups excluding carboxylic acids is 2. The standard InChI is InChI=1S/C12H11N3O2/c13-11(16)9-5-7-6-3-1-2-4-8(6)14-10(7)12(17)15-9/h1-4,9,14H,5H2,(H2,13,16)(H,15,17). The van der Waals surface area contributed by atoms with Crippen LogP contribution >= 0.6 is 0 Å². The van der Waals surface area contributed by atoms with E-state index in [0.717, 1.165) is 16.5 Å². The first-order chi connectivity index (χ1) is 8.16. The smallest absolute Gasteiger partial charge is 0.268 e. The van der Waals surface area contributed by atoms with Crippen LogP contribution in [0, 0.1) is 0 Å². The third-order valence-corrected chi connectivity index (χ3v) is 3.10. The maximum atomic E-state index is 11.8. The number of H-pyrrole nitrogens is 1. The number of aromatic amines is 1. The van der Waals surface area contributed by atoms with Crippen molar-refractivity contribution in [3.8, 4) is 0 Å². The molecule has 2 amide bonds. The van der Waals surface area contributed by atoms with E-state index in [2.05, 4.69) is 10.3 Å². The summed E-state index contributed by atoms with van der Waals surface area (Å²) in [6.45, 7) is 0. The highest BCUT2D eigenvalue weighted by Gasteiger charge is 2.30. The molecule has 0 saturated carbocycles. The van der Waals surface area contributed by atoms with Gasteiger partial charge in [0.2, 0.25) is 5.91 Å². The zero-order valence-electron chi connectivity index (χ0n) is 8.99. The number of primary amides is 1. The second-order valence-electron chi connectivity index (χ2n) is 4.16. The van der Waals surface area contributed by atoms with Gasteiger partial charge >= 0.3 is 0 Å². The number of carbonyl (C=O) groups is 2. The molecule has 1 aromatic heterocycles. The molecule has 0 radical (unpaired) electrons. The SMILES string of the molecule is NC(=O)C1Cc2c([nH]c3ccccc23)C(=O)N1. The quantitative estimate of drug-likeness (QED) is 0.657. The second-order valence-corrected chi connectivity index (χ2v) is 4.16. The van der Waals surface area contributed by atoms with Crippen LogP contribution in [0.3, 0.4) is 0 Å². The van der Waals surface area contributed by atoms with E-state index < -0.39 is 11.9 Å². The zero-order chi connectivity index (χ0) is 12.0. The Morgan fingerprint density at radius 3 is 2.88 bits per heavy atom. The molecule has 17 heavy (non-hydrogen) atoms. The highest BCUT2D eigenvalue weighted by molar-refractivity contribution is 6.04. The Bertz CT molecular complexity index is 630. The lowest BCUT2D eigenvalue weighted by Crippen LogP contribution is -2.49. The maximum Gasteiger partial charge on any atom is 0.268 e. The second kappa shape index (κ2) is 3.35. The number of hydrogen-bond donors (Lipinski definition) is 3. The summed E-state index contributed by atoms with van der Waals surface area (Å²) in [7, 11) is 0. The molecular formula is C12H11N3O2. The lowest BCUT2D eigenvalue weighted by Gasteiger charge is -2.20. The van der Waals surface area contributed by atoms with E-state index in [-0.39, 0.29) is 5.91 Å². The molecule has 0 bridgehead atoms. The molecule has 0 saturated heterocycles. The van der Waals surface area contributed by atoms with Gasteiger partial charge in [0.1, 0.15) is 11.7 Å². The molecule has 3 rings (SSSR count). The lowest BCUT2D eigenvalue weighted by molar-refractivity contribution is -0.119. The third kappa shape index (κ3) is 1.39. The van der Waals surface area contributed by atoms with Crippen molar-refractivity contribution in [3.05, 3.63) is 35.5 Å². The fourth-order valence-electron chi connectivity index (χ4n) is 2.26. The Kier molecular flexibility index (Phi) is 1.95. The van der Waals surface area contributed by atoms with Crippen molar-refractivity contribution in [1.29, 1.82) is 0 Å². The number of para-hydroxylation sites is 1. The minimum absolute atomic E-state index is 0.272. The summed E-state index contributed by atoms with van der Waals surface area (Å²) in [5.41, 5.74) is 7.54. The number of hydrogen-bond acceptors (Lipinski definition) is 2. The number of aromatic nitrogens is 1. The fourth-order valence-corrected chi connectivity index (χ4v) is 2.26. The molecule has 4 N–H and O–H groups in total. The maximum absolute atomic E-state index is 11.8. The van der Waals surface area contributed by atoms with Gasteiger partial charge in [-0.25, -0.2) is 0 Å². The van der Waals surface area contributed by atoms with Gasteiger partial charge in [0.25, 0.3) is 5.91 Å². The largest absolute Gasteiger partial charge is 0.368 e. The molecule has 0 fully saturated rings. The summed E-state index contributed by atoms with van der Waals surface area (Å²) in [6.07, 6.45) is 0.445. The van der Waals surface area contributed by atoms with Crippen molar-refractivity contribution in [2.24, 2.45) is 5.73 Å². The molecule has 2 heterocycles. The molecule has 86 valence electrons. The van der Waals surface area contributed by atoms with Gasteiger partial charge in [-0.05, 0) is 11.6 Å². The molecule has 1 atom stereocenters. The Morgan fingerprint density at radius 1 is 1.35 bits per heavy atom. The first-order valence-electron chi connectivity index (χ1n) is 5.36. The first-order valence-corrected chi connectivity index (χ1v) is 5.36. The van der Waals surface area contributed by atoms with Crippen LogP contribution < -0.4 is 11.1 Å². The Morgan fingerprint density at radius 2 is 2.12 bits per heavy atom. The van der Waals surface area contributed by atoms with Gasteiger partial charge < -0.3 is 16.0 Å². The highest BCUT2D eigenvalue weighted by atomic mass is 16.2. The molecule has 0 aliphatic carbocycles. The molecule has 1 unspecified atom stereocenters. The number of fused-ring (bicyclic) bond motifs is 3. The van der Waals surface area contributed by atoms with E-state index in [1.165, 1.54) is 0 Å². The van der Waals surface area contributed by atoms with Crippen LogP contribution in [0.1, 0.15) is 16.1 Å². The van der Waals surface area contributed by atoms with Crippen LogP contribution in [0.4, 0.5) is 0 Å². The van der Waals surface area contributed by atoms with Crippen LogP contribution in [0.2, 0.25) is 0 Å². The molecule has 5 nitrogen and oxygen atoms in total. The number of nitrogens with one attached hydrogen (secondary N) is 2. The molecule has 2 aromatic rings. The normalized spacial score (nSPS) is 18.8. The van der Waals surface area contributed by atoms with Gasteiger partial charge in [-0.2, -0.15) is 0 Å². The summed E-state index contributed by atoms with van der Waals surface area (Å²) in [5.74, 6) is -0.777. The van der Waals surface area contributed by atoms with E-state index in [1.54, 1.807) is 0 Å². The summed E-state index contributed by atoms with van der Waals surface area (Å²) < 4.78 is 0. The number of nitrogens with two attached hydrogens (primary N) is 1. The van der Waals surface area contributed by atoms with Gasteiger partial charge in [0.05, 0.1) is 0 Å². The highest BCUT2D eigenvalue weighted by Crippen LogP contribution is 2.26. The van der Waals surface area contributed by atoms with Crippen LogP contribution in [0.25, 0.3) is 10.9 Å². The van der Waals surface area contributed by atoms with Gasteiger partial charge in [-0.1, -0.05) is 18.2 Å². The van der Waals surface area contributed by atoms with Crippen molar-refractivity contribution in [3.63, 3.8) is 0 Å². The van der Waals surface area contributed by atoms with Crippen molar-refractivity contribution in [2.45, 2.75) is 12.5 Å². The van der Waals surface area contributed by atoms with E-state index in [0.29, 0.717) is 12.1 Å². The van der Waals surface area contributed by atoms with Crippen molar-refractivity contribution in [2.75, 3.05) is 0 Å². The average Bonchev–Trinajstić information content (AvgIpc) is 2.68. The van der Waals surface area contributed by atoms with E-state index >= 15 is 0 Å². The van der Waals surface area contributed by atoms with Gasteiger partial charge in [0, 0.05) is 17.3 Å². The summed E-state index contributed by atoms with van der Waals surface area (Å²) in [6, 6.07) is 7.02. The molecular weight excluding hydrogens is 218 g/mol. The van der Waals surface area contributed by atoms with Crippen LogP contribution in [-0.4, -0.2) is 22.8 Å². The van der Waals surface area contributed by atoms with Crippen molar-refractivity contribution < 1.29 is 9.59 Å². The third-order valence-electron chi connectivity index (χ3n) is 3.10. The minimum Gasteiger partial charge on any atom is -0.368 e. The number of benzene rings is 1.